The maximum absolute atomic E-state index is 13.4. The van der Waals surface area contributed by atoms with Gasteiger partial charge in [-0.1, -0.05) is 24.3 Å². The lowest BCUT2D eigenvalue weighted by molar-refractivity contribution is -0.131. The van der Waals surface area contributed by atoms with Gasteiger partial charge in [0, 0.05) is 12.2 Å². The molecular formula is C25H26N2O5. The molecule has 2 fully saturated rings. The predicted octanol–water partition coefficient (Wildman–Crippen LogP) is 2.35. The van der Waals surface area contributed by atoms with Crippen molar-refractivity contribution >= 4 is 17.5 Å². The summed E-state index contributed by atoms with van der Waals surface area (Å²) in [6, 6.07) is 15.1. The van der Waals surface area contributed by atoms with Crippen LogP contribution >= 0.6 is 0 Å². The minimum absolute atomic E-state index is 0.0719. The zero-order valence-electron chi connectivity index (χ0n) is 18.1. The third-order valence-electron chi connectivity index (χ3n) is 6.66. The van der Waals surface area contributed by atoms with Crippen molar-refractivity contribution in [3.05, 3.63) is 66.2 Å². The van der Waals surface area contributed by atoms with Gasteiger partial charge < -0.3 is 24.4 Å². The third-order valence-corrected chi connectivity index (χ3v) is 6.66. The Bertz CT molecular complexity index is 1050. The molecule has 3 aliphatic heterocycles. The fourth-order valence-corrected chi connectivity index (χ4v) is 5.02. The summed E-state index contributed by atoms with van der Waals surface area (Å²) in [4.78, 5) is 28.2. The minimum atomic E-state index is -0.736. The number of carbonyl (C=O) groups is 2. The predicted molar refractivity (Wildman–Crippen MR) is 119 cm³/mol. The summed E-state index contributed by atoms with van der Waals surface area (Å²) < 4.78 is 16.6. The Morgan fingerprint density at radius 1 is 1.09 bits per heavy atom. The molecule has 166 valence electrons. The molecule has 4 atom stereocenters. The van der Waals surface area contributed by atoms with Gasteiger partial charge in [-0.2, -0.15) is 0 Å². The van der Waals surface area contributed by atoms with Gasteiger partial charge in [-0.05, 0) is 48.4 Å². The average Bonchev–Trinajstić information content (AvgIpc) is 3.48. The van der Waals surface area contributed by atoms with Crippen LogP contribution < -0.4 is 19.7 Å². The van der Waals surface area contributed by atoms with Crippen LogP contribution in [0.4, 0.5) is 5.69 Å². The first-order valence-corrected chi connectivity index (χ1v) is 10.8. The number of nitrogens with one attached hydrogen (secondary N) is 1. The molecule has 1 spiro atoms. The highest BCUT2D eigenvalue weighted by Gasteiger charge is 2.67. The molecule has 2 aromatic rings. The van der Waals surface area contributed by atoms with E-state index in [1.54, 1.807) is 19.1 Å². The van der Waals surface area contributed by atoms with Crippen molar-refractivity contribution in [1.29, 1.82) is 0 Å². The molecule has 7 heteroatoms. The lowest BCUT2D eigenvalue weighted by atomic mass is 9.77. The maximum Gasteiger partial charge on any atom is 0.234 e. The molecular weight excluding hydrogens is 408 g/mol. The largest absolute Gasteiger partial charge is 0.497 e. The van der Waals surface area contributed by atoms with Crippen LogP contribution in [0.2, 0.25) is 0 Å². The van der Waals surface area contributed by atoms with Crippen LogP contribution in [-0.4, -0.2) is 50.8 Å². The van der Waals surface area contributed by atoms with E-state index < -0.39 is 17.4 Å². The first kappa shape index (κ1) is 20.6. The molecule has 0 unspecified atom stereocenters. The number of rotatable bonds is 7. The van der Waals surface area contributed by atoms with Gasteiger partial charge in [-0.15, -0.1) is 0 Å². The van der Waals surface area contributed by atoms with E-state index in [4.69, 9.17) is 14.2 Å². The van der Waals surface area contributed by atoms with Crippen LogP contribution in [0.1, 0.15) is 5.56 Å². The van der Waals surface area contributed by atoms with Crippen LogP contribution in [0, 0.1) is 11.8 Å². The second-order valence-corrected chi connectivity index (χ2v) is 8.41. The molecule has 3 heterocycles. The SMILES string of the molecule is COc1ccc(CCNC(=O)[C@@H]2[C@H]3C(=O)N(c4ccc(OC)cc4)C[C@@]34C=C[C@H]2O4)cc1. The first-order valence-electron chi connectivity index (χ1n) is 10.8. The van der Waals surface area contributed by atoms with Crippen molar-refractivity contribution in [2.24, 2.45) is 11.8 Å². The van der Waals surface area contributed by atoms with Crippen molar-refractivity contribution < 1.29 is 23.8 Å². The summed E-state index contributed by atoms with van der Waals surface area (Å²) in [5.41, 5.74) is 1.15. The van der Waals surface area contributed by atoms with E-state index in [0.29, 0.717) is 19.5 Å². The lowest BCUT2D eigenvalue weighted by Crippen LogP contribution is -2.44. The van der Waals surface area contributed by atoms with Crippen LogP contribution in [0.5, 0.6) is 11.5 Å². The molecule has 5 rings (SSSR count). The van der Waals surface area contributed by atoms with Crippen molar-refractivity contribution in [2.75, 3.05) is 32.2 Å². The fraction of sp³-hybridized carbons (Fsp3) is 0.360. The van der Waals surface area contributed by atoms with E-state index in [0.717, 1.165) is 22.7 Å². The third kappa shape index (κ3) is 3.33. The number of nitrogens with zero attached hydrogens (tertiary/aromatic N) is 1. The van der Waals surface area contributed by atoms with E-state index in [1.807, 2.05) is 60.7 Å². The Labute approximate surface area is 186 Å². The fourth-order valence-electron chi connectivity index (χ4n) is 5.02. The van der Waals surface area contributed by atoms with Gasteiger partial charge in [-0.3, -0.25) is 9.59 Å². The van der Waals surface area contributed by atoms with E-state index in [9.17, 15) is 9.59 Å². The van der Waals surface area contributed by atoms with E-state index in [2.05, 4.69) is 5.32 Å². The summed E-state index contributed by atoms with van der Waals surface area (Å²) >= 11 is 0. The molecule has 3 aliphatic rings. The van der Waals surface area contributed by atoms with Gasteiger partial charge in [-0.25, -0.2) is 0 Å². The maximum atomic E-state index is 13.4. The number of ether oxygens (including phenoxy) is 3. The van der Waals surface area contributed by atoms with Gasteiger partial charge in [0.25, 0.3) is 0 Å². The monoisotopic (exact) mass is 434 g/mol. The van der Waals surface area contributed by atoms with Crippen LogP contribution in [0.15, 0.2) is 60.7 Å². The van der Waals surface area contributed by atoms with Crippen molar-refractivity contribution in [1.82, 2.24) is 5.32 Å². The van der Waals surface area contributed by atoms with Crippen molar-refractivity contribution in [3.8, 4) is 11.5 Å². The Morgan fingerprint density at radius 2 is 1.75 bits per heavy atom. The zero-order valence-corrected chi connectivity index (χ0v) is 18.1. The highest BCUT2D eigenvalue weighted by Crippen LogP contribution is 2.52. The zero-order chi connectivity index (χ0) is 22.3. The first-order chi connectivity index (χ1) is 15.5. The average molecular weight is 434 g/mol. The van der Waals surface area contributed by atoms with Crippen LogP contribution in [0.25, 0.3) is 0 Å². The minimum Gasteiger partial charge on any atom is -0.497 e. The second kappa shape index (κ2) is 7.98. The normalized spacial score (nSPS) is 27.5. The van der Waals surface area contributed by atoms with Gasteiger partial charge in [0.05, 0.1) is 38.7 Å². The van der Waals surface area contributed by atoms with Crippen LogP contribution in [-0.2, 0) is 20.7 Å². The standard InChI is InChI=1S/C25H26N2O5/c1-30-18-7-3-16(4-8-18)12-14-26-23(28)21-20-11-13-25(32-20)15-27(24(29)22(21)25)17-5-9-19(31-2)10-6-17/h3-11,13,20-22H,12,14-15H2,1-2H3,(H,26,28)/t20-,21+,22+,25+/m1/s1. The number of fused-ring (bicyclic) bond motifs is 1. The number of methoxy groups -OCH3 is 2. The molecule has 0 saturated carbocycles. The molecule has 32 heavy (non-hydrogen) atoms. The summed E-state index contributed by atoms with van der Waals surface area (Å²) in [6.45, 7) is 0.902. The van der Waals surface area contributed by atoms with Gasteiger partial charge >= 0.3 is 0 Å². The molecule has 1 N–H and O–H groups in total. The summed E-state index contributed by atoms with van der Waals surface area (Å²) in [7, 11) is 3.24. The van der Waals surface area contributed by atoms with Crippen LogP contribution in [0.3, 0.4) is 0 Å². The van der Waals surface area contributed by atoms with Gasteiger partial charge in [0.2, 0.25) is 11.8 Å². The lowest BCUT2D eigenvalue weighted by Gasteiger charge is -2.23. The van der Waals surface area contributed by atoms with E-state index in [1.165, 1.54) is 0 Å². The van der Waals surface area contributed by atoms with Crippen molar-refractivity contribution in [2.45, 2.75) is 18.1 Å². The highest BCUT2D eigenvalue weighted by molar-refractivity contribution is 6.03. The molecule has 2 amide bonds. The molecule has 7 nitrogen and oxygen atoms in total. The van der Waals surface area contributed by atoms with E-state index >= 15 is 0 Å². The molecule has 2 bridgehead atoms. The van der Waals surface area contributed by atoms with E-state index in [-0.39, 0.29) is 17.9 Å². The molecule has 2 saturated heterocycles. The highest BCUT2D eigenvalue weighted by atomic mass is 16.5. The Kier molecular flexibility index (Phi) is 5.13. The topological polar surface area (TPSA) is 77.1 Å². The number of benzene rings is 2. The smallest absolute Gasteiger partial charge is 0.234 e. The summed E-state index contributed by atoms with van der Waals surface area (Å²) in [5.74, 6) is 0.286. The van der Waals surface area contributed by atoms with Crippen molar-refractivity contribution in [3.63, 3.8) is 0 Å². The number of hydrogen-bond acceptors (Lipinski definition) is 5. The second-order valence-electron chi connectivity index (χ2n) is 8.41. The summed E-state index contributed by atoms with van der Waals surface area (Å²) in [6.07, 6.45) is 4.23. The molecule has 2 aromatic carbocycles. The summed E-state index contributed by atoms with van der Waals surface area (Å²) in [5, 5.41) is 3.01. The number of carbonyl (C=O) groups excluding carboxylic acids is 2. The quantitative estimate of drug-likeness (QED) is 0.677. The van der Waals surface area contributed by atoms with Gasteiger partial charge in [0.15, 0.2) is 0 Å². The Hall–Kier alpha value is -3.32. The number of hydrogen-bond donors (Lipinski definition) is 1. The van der Waals surface area contributed by atoms with Gasteiger partial charge in [0.1, 0.15) is 17.1 Å². The molecule has 0 radical (unpaired) electrons. The molecule has 0 aromatic heterocycles. The Balaban J connectivity index is 1.27. The number of amides is 2. The molecule has 0 aliphatic carbocycles. The number of anilines is 1. The Morgan fingerprint density at radius 3 is 2.41 bits per heavy atom.